The first kappa shape index (κ1) is 12.6. The van der Waals surface area contributed by atoms with Gasteiger partial charge in [0.25, 0.3) is 5.52 Å². The molecule has 0 amide bonds. The summed E-state index contributed by atoms with van der Waals surface area (Å²) in [4.78, 5) is 0. The van der Waals surface area contributed by atoms with Gasteiger partial charge in [-0.05, 0) is 28.8 Å². The van der Waals surface area contributed by atoms with Gasteiger partial charge in [0.1, 0.15) is 11.2 Å². The van der Waals surface area contributed by atoms with Gasteiger partial charge in [-0.15, -0.1) is 0 Å². The van der Waals surface area contributed by atoms with Gasteiger partial charge in [0, 0.05) is 22.6 Å². The van der Waals surface area contributed by atoms with E-state index < -0.39 is 0 Å². The predicted molar refractivity (Wildman–Crippen MR) is 89.0 cm³/mol. The van der Waals surface area contributed by atoms with Gasteiger partial charge in [-0.2, -0.15) is 0 Å². The van der Waals surface area contributed by atoms with Gasteiger partial charge in [-0.3, -0.25) is 0 Å². The minimum atomic E-state index is 0.720. The molecule has 0 saturated heterocycles. The van der Waals surface area contributed by atoms with Crippen LogP contribution in [-0.2, 0) is 0 Å². The molecule has 4 rings (SSSR count). The van der Waals surface area contributed by atoms with Crippen LogP contribution in [0.3, 0.4) is 0 Å². The number of nitrogens with two attached hydrogens (primary N) is 1. The minimum Gasteiger partial charge on any atom is -0.397 e. The predicted octanol–water partition coefficient (Wildman–Crippen LogP) is 3.30. The molecule has 0 bridgehead atoms. The summed E-state index contributed by atoms with van der Waals surface area (Å²) in [6.07, 6.45) is 1.95. The monoisotopic (exact) mass is 287 g/mol. The molecule has 4 heteroatoms. The lowest BCUT2D eigenvalue weighted by atomic mass is 10.1. The van der Waals surface area contributed by atoms with Crippen LogP contribution in [0.4, 0.5) is 17.1 Å². The average molecular weight is 287 g/mol. The Kier molecular flexibility index (Phi) is 2.86. The van der Waals surface area contributed by atoms with Gasteiger partial charge in [0.2, 0.25) is 6.20 Å². The van der Waals surface area contributed by atoms with Crippen molar-refractivity contribution in [2.75, 3.05) is 11.1 Å². The van der Waals surface area contributed by atoms with E-state index in [1.165, 1.54) is 0 Å². The van der Waals surface area contributed by atoms with Gasteiger partial charge in [0.15, 0.2) is 0 Å². The van der Waals surface area contributed by atoms with Gasteiger partial charge in [0.05, 0.1) is 11.4 Å². The number of anilines is 3. The number of benzene rings is 2. The van der Waals surface area contributed by atoms with Gasteiger partial charge >= 0.3 is 0 Å². The fourth-order valence-corrected chi connectivity index (χ4v) is 2.62. The van der Waals surface area contributed by atoms with E-state index >= 15 is 0 Å². The minimum absolute atomic E-state index is 0.720. The van der Waals surface area contributed by atoms with Crippen LogP contribution in [0.2, 0.25) is 0 Å². The molecule has 2 aromatic heterocycles. The quantitative estimate of drug-likeness (QED) is 0.338. The van der Waals surface area contributed by atoms with Crippen LogP contribution in [0.5, 0.6) is 0 Å². The third-order valence-corrected chi connectivity index (χ3v) is 3.70. The molecular formula is C18H15N4+. The Morgan fingerprint density at radius 2 is 1.64 bits per heavy atom. The maximum atomic E-state index is 6.07. The fourth-order valence-electron chi connectivity index (χ4n) is 2.62. The van der Waals surface area contributed by atoms with Crippen LogP contribution in [0.1, 0.15) is 0 Å². The number of hydrogen-bond acceptors (Lipinski definition) is 3. The summed E-state index contributed by atoms with van der Waals surface area (Å²) in [7, 11) is 0. The standard InChI is InChI=1S/C18H14N4/c19-14-8-2-4-10-16(14)20-18-13-7-1-3-9-15(13)21-22-12-6-5-11-17(18)22/h1-12,19,21H/p+1. The third kappa shape index (κ3) is 2.02. The maximum absolute atomic E-state index is 6.07. The molecule has 0 aliphatic carbocycles. The van der Waals surface area contributed by atoms with E-state index in [1.54, 1.807) is 0 Å². The highest BCUT2D eigenvalue weighted by atomic mass is 15.2. The van der Waals surface area contributed by atoms with Crippen molar-refractivity contribution in [3.63, 3.8) is 0 Å². The first-order chi connectivity index (χ1) is 10.8. The summed E-state index contributed by atoms with van der Waals surface area (Å²) in [6.45, 7) is 0. The number of fused-ring (bicyclic) bond motifs is 2. The van der Waals surface area contributed by atoms with Crippen molar-refractivity contribution in [1.29, 1.82) is 0 Å². The molecule has 0 aliphatic heterocycles. The van der Waals surface area contributed by atoms with E-state index in [1.807, 2.05) is 71.4 Å². The van der Waals surface area contributed by atoms with Crippen molar-refractivity contribution in [1.82, 2.24) is 5.10 Å². The molecule has 4 nitrogen and oxygen atoms in total. The fraction of sp³-hybridized carbons (Fsp3) is 0. The first-order valence-corrected chi connectivity index (χ1v) is 7.14. The summed E-state index contributed by atoms with van der Waals surface area (Å²) in [5.41, 5.74) is 10.6. The molecule has 0 spiro atoms. The molecule has 2 heterocycles. The second kappa shape index (κ2) is 5.00. The number of rotatable bonds is 2. The summed E-state index contributed by atoms with van der Waals surface area (Å²) in [6, 6.07) is 21.9. The zero-order valence-corrected chi connectivity index (χ0v) is 11.9. The van der Waals surface area contributed by atoms with Crippen LogP contribution in [-0.4, -0.2) is 5.10 Å². The highest BCUT2D eigenvalue weighted by Crippen LogP contribution is 2.29. The lowest BCUT2D eigenvalue weighted by Crippen LogP contribution is -2.27. The van der Waals surface area contributed by atoms with Crippen molar-refractivity contribution < 1.29 is 4.52 Å². The molecular weight excluding hydrogens is 272 g/mol. The van der Waals surface area contributed by atoms with Crippen LogP contribution in [0.15, 0.2) is 72.9 Å². The molecule has 0 saturated carbocycles. The molecule has 0 fully saturated rings. The smallest absolute Gasteiger partial charge is 0.262 e. The summed E-state index contributed by atoms with van der Waals surface area (Å²) >= 11 is 0. The number of nitrogens with one attached hydrogen (secondary N) is 1. The van der Waals surface area contributed by atoms with Crippen LogP contribution in [0.25, 0.3) is 16.4 Å². The topological polar surface area (TPSA) is 55.0 Å². The Morgan fingerprint density at radius 3 is 2.55 bits per heavy atom. The van der Waals surface area contributed by atoms with Crippen molar-refractivity contribution in [3.05, 3.63) is 72.9 Å². The number of hydrogen-bond donors (Lipinski definition) is 2. The van der Waals surface area contributed by atoms with Gasteiger partial charge < -0.3 is 11.1 Å². The van der Waals surface area contributed by atoms with E-state index in [0.717, 1.165) is 33.5 Å². The van der Waals surface area contributed by atoms with Crippen LogP contribution >= 0.6 is 0 Å². The Balaban J connectivity index is 2.02. The van der Waals surface area contributed by atoms with Gasteiger partial charge in [-0.1, -0.05) is 30.3 Å². The lowest BCUT2D eigenvalue weighted by molar-refractivity contribution is -0.577. The van der Waals surface area contributed by atoms with E-state index in [4.69, 9.17) is 5.73 Å². The van der Waals surface area contributed by atoms with Crippen molar-refractivity contribution in [3.8, 4) is 0 Å². The lowest BCUT2D eigenvalue weighted by Gasteiger charge is -2.10. The number of aromatic nitrogens is 2. The Bertz CT molecular complexity index is 925. The second-order valence-electron chi connectivity index (χ2n) is 5.13. The number of para-hydroxylation sites is 2. The molecule has 4 aromatic rings. The molecule has 0 radical (unpaired) electrons. The Morgan fingerprint density at radius 1 is 0.864 bits per heavy atom. The molecule has 2 aromatic carbocycles. The number of nitrogen functional groups attached to an aromatic ring is 1. The second-order valence-corrected chi connectivity index (χ2v) is 5.13. The normalized spacial score (nSPS) is 10.9. The van der Waals surface area contributed by atoms with Crippen molar-refractivity contribution in [2.24, 2.45) is 0 Å². The summed E-state index contributed by atoms with van der Waals surface area (Å²) < 4.78 is 1.88. The van der Waals surface area contributed by atoms with Crippen LogP contribution < -0.4 is 15.6 Å². The zero-order chi connectivity index (χ0) is 14.9. The zero-order valence-electron chi connectivity index (χ0n) is 11.9. The molecule has 0 atom stereocenters. The molecule has 22 heavy (non-hydrogen) atoms. The number of pyridine rings is 1. The Hall–Kier alpha value is -3.14. The SMILES string of the molecule is Nc1ccccc1Nc1c2ccccc2n[n+]2ccccc12. The largest absolute Gasteiger partial charge is 0.397 e. The molecule has 0 unspecified atom stereocenters. The summed E-state index contributed by atoms with van der Waals surface area (Å²) in [5, 5.41) is 9.19. The maximum Gasteiger partial charge on any atom is 0.262 e. The first-order valence-electron chi connectivity index (χ1n) is 7.14. The highest BCUT2D eigenvalue weighted by molar-refractivity contribution is 5.99. The van der Waals surface area contributed by atoms with Crippen molar-refractivity contribution >= 4 is 33.5 Å². The van der Waals surface area contributed by atoms with E-state index in [0.29, 0.717) is 0 Å². The number of nitrogens with zero attached hydrogens (tertiary/aromatic N) is 2. The third-order valence-electron chi connectivity index (χ3n) is 3.70. The molecule has 106 valence electrons. The van der Waals surface area contributed by atoms with Crippen LogP contribution in [0, 0.1) is 0 Å². The molecule has 3 N–H and O–H groups in total. The van der Waals surface area contributed by atoms with Crippen molar-refractivity contribution in [2.45, 2.75) is 0 Å². The Labute approximate surface area is 127 Å². The highest BCUT2D eigenvalue weighted by Gasteiger charge is 2.15. The average Bonchev–Trinajstić information content (AvgIpc) is 2.56. The summed E-state index contributed by atoms with van der Waals surface area (Å²) in [5.74, 6) is 0. The molecule has 0 aliphatic rings. The van der Waals surface area contributed by atoms with E-state index in [9.17, 15) is 0 Å². The van der Waals surface area contributed by atoms with E-state index in [-0.39, 0.29) is 0 Å². The van der Waals surface area contributed by atoms with Gasteiger partial charge in [-0.25, -0.2) is 0 Å². The van der Waals surface area contributed by atoms with E-state index in [2.05, 4.69) is 16.5 Å².